The summed E-state index contributed by atoms with van der Waals surface area (Å²) in [6.07, 6.45) is 4.26. The molecule has 0 aliphatic carbocycles. The molecule has 1 aromatic carbocycles. The number of hydrogen-bond donors (Lipinski definition) is 2. The largest absolute Gasteiger partial charge is 0.336 e. The minimum atomic E-state index is -3.93. The lowest BCUT2D eigenvalue weighted by Gasteiger charge is -2.37. The minimum absolute atomic E-state index is 0.0925. The first-order valence-electron chi connectivity index (χ1n) is 8.26. The number of anilines is 1. The maximum absolute atomic E-state index is 12.3. The molecule has 3 rings (SSSR count). The Labute approximate surface area is 161 Å². The molecule has 11 heteroatoms. The van der Waals surface area contributed by atoms with Gasteiger partial charge in [-0.3, -0.25) is 19.4 Å². The van der Waals surface area contributed by atoms with Crippen molar-refractivity contribution >= 4 is 33.4 Å². The predicted molar refractivity (Wildman–Crippen MR) is 97.5 cm³/mol. The molecule has 1 aliphatic rings. The van der Waals surface area contributed by atoms with Gasteiger partial charge in [-0.2, -0.15) is 0 Å². The van der Waals surface area contributed by atoms with Gasteiger partial charge in [0.25, 0.3) is 15.9 Å². The second kappa shape index (κ2) is 7.72. The summed E-state index contributed by atoms with van der Waals surface area (Å²) < 4.78 is 25.6. The quantitative estimate of drug-likeness (QED) is 0.717. The molecule has 0 bridgehead atoms. The highest BCUT2D eigenvalue weighted by Gasteiger charge is 2.36. The van der Waals surface area contributed by atoms with Crippen molar-refractivity contribution in [2.75, 3.05) is 18.4 Å². The maximum Gasteiger partial charge on any atom is 0.274 e. The Balaban J connectivity index is 1.55. The summed E-state index contributed by atoms with van der Waals surface area (Å²) in [4.78, 5) is 44.6. The molecule has 146 valence electrons. The van der Waals surface area contributed by atoms with Gasteiger partial charge in [-0.15, -0.1) is 0 Å². The predicted octanol–water partition coefficient (Wildman–Crippen LogP) is 0.0121. The van der Waals surface area contributed by atoms with E-state index in [1.807, 2.05) is 4.72 Å². The summed E-state index contributed by atoms with van der Waals surface area (Å²) in [5, 5.41) is 2.68. The molecule has 2 N–H and O–H groups in total. The van der Waals surface area contributed by atoms with Crippen molar-refractivity contribution in [3.63, 3.8) is 0 Å². The number of hydrogen-bond acceptors (Lipinski definition) is 7. The summed E-state index contributed by atoms with van der Waals surface area (Å²) in [5.41, 5.74) is 0.628. The van der Waals surface area contributed by atoms with Gasteiger partial charge in [0, 0.05) is 38.1 Å². The van der Waals surface area contributed by atoms with Crippen molar-refractivity contribution in [3.05, 3.63) is 48.5 Å². The zero-order valence-electron chi connectivity index (χ0n) is 14.8. The first-order valence-corrected chi connectivity index (χ1v) is 9.74. The summed E-state index contributed by atoms with van der Waals surface area (Å²) in [7, 11) is -3.93. The van der Waals surface area contributed by atoms with Crippen molar-refractivity contribution in [2.45, 2.75) is 11.8 Å². The van der Waals surface area contributed by atoms with Gasteiger partial charge in [-0.05, 0) is 24.3 Å². The van der Waals surface area contributed by atoms with Crippen LogP contribution in [0.5, 0.6) is 0 Å². The lowest BCUT2D eigenvalue weighted by Crippen LogP contribution is -2.54. The zero-order chi connectivity index (χ0) is 20.3. The Morgan fingerprint density at radius 2 is 1.79 bits per heavy atom. The molecule has 0 unspecified atom stereocenters. The van der Waals surface area contributed by atoms with Crippen molar-refractivity contribution in [1.29, 1.82) is 0 Å². The van der Waals surface area contributed by atoms with Crippen LogP contribution >= 0.6 is 0 Å². The fourth-order valence-corrected chi connectivity index (χ4v) is 3.58. The molecule has 0 atom stereocenters. The molecule has 10 nitrogen and oxygen atoms in total. The molecule has 28 heavy (non-hydrogen) atoms. The van der Waals surface area contributed by atoms with E-state index in [0.29, 0.717) is 5.69 Å². The third-order valence-electron chi connectivity index (χ3n) is 4.03. The van der Waals surface area contributed by atoms with Gasteiger partial charge < -0.3 is 10.2 Å². The number of amides is 3. The van der Waals surface area contributed by atoms with Crippen LogP contribution in [-0.4, -0.2) is 54.1 Å². The van der Waals surface area contributed by atoms with E-state index in [-0.39, 0.29) is 41.4 Å². The van der Waals surface area contributed by atoms with Gasteiger partial charge in [0.05, 0.1) is 17.0 Å². The molecule has 1 fully saturated rings. The number of nitrogens with one attached hydrogen (secondary N) is 2. The van der Waals surface area contributed by atoms with E-state index in [1.165, 1.54) is 47.8 Å². The number of aromatic nitrogens is 2. The van der Waals surface area contributed by atoms with Gasteiger partial charge in [0.15, 0.2) is 0 Å². The number of nitrogens with zero attached hydrogens (tertiary/aromatic N) is 3. The summed E-state index contributed by atoms with van der Waals surface area (Å²) >= 11 is 0. The monoisotopic (exact) mass is 403 g/mol. The fraction of sp³-hybridized carbons (Fsp3) is 0.235. The van der Waals surface area contributed by atoms with E-state index in [2.05, 4.69) is 15.3 Å². The van der Waals surface area contributed by atoms with E-state index in [1.54, 1.807) is 0 Å². The van der Waals surface area contributed by atoms with E-state index in [4.69, 9.17) is 0 Å². The van der Waals surface area contributed by atoms with Gasteiger partial charge in [-0.1, -0.05) is 0 Å². The lowest BCUT2D eigenvalue weighted by atomic mass is 9.98. The van der Waals surface area contributed by atoms with E-state index < -0.39 is 15.9 Å². The molecule has 2 heterocycles. The van der Waals surface area contributed by atoms with Crippen LogP contribution in [0.4, 0.5) is 5.69 Å². The smallest absolute Gasteiger partial charge is 0.274 e. The van der Waals surface area contributed by atoms with Gasteiger partial charge in [0.2, 0.25) is 11.8 Å². The van der Waals surface area contributed by atoms with Crippen LogP contribution in [0.25, 0.3) is 0 Å². The number of sulfonamides is 1. The molecule has 1 aliphatic heterocycles. The fourth-order valence-electron chi connectivity index (χ4n) is 2.59. The second-order valence-electron chi connectivity index (χ2n) is 6.17. The molecule has 1 saturated heterocycles. The molecular weight excluding hydrogens is 386 g/mol. The standard InChI is InChI=1S/C17H17N5O5S/c1-11(23)21-28(26,27)14-4-2-13(3-5-14)20-16(24)12-9-22(10-12)17(25)15-8-18-6-7-19-15/h2-8,12H,9-10H2,1H3,(H,20,24)(H,21,23). The second-order valence-corrected chi connectivity index (χ2v) is 7.86. The van der Waals surface area contributed by atoms with Crippen LogP contribution in [0.1, 0.15) is 17.4 Å². The highest BCUT2D eigenvalue weighted by Crippen LogP contribution is 2.21. The molecule has 1 aromatic heterocycles. The van der Waals surface area contributed by atoms with Crippen LogP contribution in [0, 0.1) is 5.92 Å². The van der Waals surface area contributed by atoms with Crippen LogP contribution in [0.3, 0.4) is 0 Å². The average molecular weight is 403 g/mol. The van der Waals surface area contributed by atoms with Crippen LogP contribution in [-0.2, 0) is 19.6 Å². The number of rotatable bonds is 5. The van der Waals surface area contributed by atoms with E-state index in [0.717, 1.165) is 6.92 Å². The molecule has 0 radical (unpaired) electrons. The zero-order valence-corrected chi connectivity index (χ0v) is 15.6. The van der Waals surface area contributed by atoms with Gasteiger partial charge in [0.1, 0.15) is 5.69 Å². The van der Waals surface area contributed by atoms with Crippen LogP contribution in [0.15, 0.2) is 47.8 Å². The Hall–Kier alpha value is -3.34. The summed E-state index contributed by atoms with van der Waals surface area (Å²) in [6.45, 7) is 1.62. The number of benzene rings is 1. The third kappa shape index (κ3) is 4.31. The van der Waals surface area contributed by atoms with Crippen molar-refractivity contribution in [3.8, 4) is 0 Å². The average Bonchev–Trinajstić information content (AvgIpc) is 2.60. The first kappa shape index (κ1) is 19.4. The number of carbonyl (C=O) groups excluding carboxylic acids is 3. The minimum Gasteiger partial charge on any atom is -0.336 e. The summed E-state index contributed by atoms with van der Waals surface area (Å²) in [6, 6.07) is 5.42. The summed E-state index contributed by atoms with van der Waals surface area (Å²) in [5.74, 6) is -1.63. The van der Waals surface area contributed by atoms with E-state index >= 15 is 0 Å². The van der Waals surface area contributed by atoms with Crippen molar-refractivity contribution < 1.29 is 22.8 Å². The topological polar surface area (TPSA) is 138 Å². The Kier molecular flexibility index (Phi) is 5.36. The van der Waals surface area contributed by atoms with Crippen LogP contribution < -0.4 is 10.0 Å². The van der Waals surface area contributed by atoms with Crippen molar-refractivity contribution in [2.24, 2.45) is 5.92 Å². The molecule has 0 spiro atoms. The van der Waals surface area contributed by atoms with Gasteiger partial charge in [-0.25, -0.2) is 18.1 Å². The number of likely N-dealkylation sites (tertiary alicyclic amines) is 1. The maximum atomic E-state index is 12.3. The molecular formula is C17H17N5O5S. The highest BCUT2D eigenvalue weighted by molar-refractivity contribution is 7.90. The SMILES string of the molecule is CC(=O)NS(=O)(=O)c1ccc(NC(=O)C2CN(C(=O)c3cnccn3)C2)cc1. The molecule has 2 aromatic rings. The van der Waals surface area contributed by atoms with Crippen LogP contribution in [0.2, 0.25) is 0 Å². The molecule has 3 amide bonds. The Morgan fingerprint density at radius 3 is 2.36 bits per heavy atom. The number of carbonyl (C=O) groups is 3. The third-order valence-corrected chi connectivity index (χ3v) is 5.48. The van der Waals surface area contributed by atoms with Gasteiger partial charge >= 0.3 is 0 Å². The highest BCUT2D eigenvalue weighted by atomic mass is 32.2. The Bertz CT molecular complexity index is 1000. The molecule has 0 saturated carbocycles. The van der Waals surface area contributed by atoms with Crippen molar-refractivity contribution in [1.82, 2.24) is 19.6 Å². The Morgan fingerprint density at radius 1 is 1.11 bits per heavy atom. The lowest BCUT2D eigenvalue weighted by molar-refractivity contribution is -0.123. The normalized spacial score (nSPS) is 14.1. The van der Waals surface area contributed by atoms with E-state index in [9.17, 15) is 22.8 Å². The first-order chi connectivity index (χ1) is 13.3.